The van der Waals surface area contributed by atoms with E-state index in [1.54, 1.807) is 36.4 Å². The average molecular weight is 633 g/mol. The number of nitrogens with zero attached hydrogens (tertiary/aromatic N) is 4. The maximum absolute atomic E-state index is 13.0. The van der Waals surface area contributed by atoms with Gasteiger partial charge in [0.05, 0.1) is 15.1 Å². The van der Waals surface area contributed by atoms with Gasteiger partial charge in [0, 0.05) is 23.8 Å². The van der Waals surface area contributed by atoms with Crippen LogP contribution < -0.4 is 16.0 Å². The lowest BCUT2D eigenvalue weighted by Crippen LogP contribution is -2.35. The Morgan fingerprint density at radius 2 is 1.91 bits per heavy atom. The molecule has 1 atom stereocenters. The van der Waals surface area contributed by atoms with Gasteiger partial charge in [0.25, 0.3) is 11.9 Å². The second-order valence-electron chi connectivity index (χ2n) is 11.1. The first-order chi connectivity index (χ1) is 21.2. The van der Waals surface area contributed by atoms with Crippen LogP contribution in [-0.2, 0) is 21.8 Å². The van der Waals surface area contributed by atoms with Crippen LogP contribution >= 0.6 is 11.3 Å². The number of benzene rings is 2. The van der Waals surface area contributed by atoms with Crippen LogP contribution in [0.3, 0.4) is 0 Å². The van der Waals surface area contributed by atoms with Crippen LogP contribution in [0.15, 0.2) is 65.6 Å². The van der Waals surface area contributed by atoms with Gasteiger partial charge < -0.3 is 5.32 Å². The number of sulfone groups is 1. The van der Waals surface area contributed by atoms with Gasteiger partial charge in [-0.25, -0.2) is 18.2 Å². The van der Waals surface area contributed by atoms with Gasteiger partial charge in [0.15, 0.2) is 15.0 Å². The number of hydrogen-bond acceptors (Lipinski definition) is 9. The minimum atomic E-state index is -3.50. The Morgan fingerprint density at radius 1 is 1.09 bits per heavy atom. The van der Waals surface area contributed by atoms with Crippen molar-refractivity contribution >= 4 is 54.4 Å². The van der Waals surface area contributed by atoms with Crippen molar-refractivity contribution < 1.29 is 18.0 Å². The molecular formula is C30H32N8O4S2. The molecule has 2 aromatic carbocycles. The molecule has 2 aliphatic carbocycles. The molecular weight excluding hydrogens is 601 g/mol. The topological polar surface area (TPSA) is 172 Å². The number of H-pyrrole nitrogens is 1. The fourth-order valence-corrected chi connectivity index (χ4v) is 7.87. The number of tetrazole rings is 1. The number of anilines is 2. The first-order valence-electron chi connectivity index (χ1n) is 14.4. The highest BCUT2D eigenvalue weighted by molar-refractivity contribution is 7.90. The molecule has 14 heteroatoms. The third-order valence-electron chi connectivity index (χ3n) is 8.32. The monoisotopic (exact) mass is 632 g/mol. The number of rotatable bonds is 8. The Balaban J connectivity index is 1.26. The van der Waals surface area contributed by atoms with E-state index < -0.39 is 21.8 Å². The first-order valence-corrected chi connectivity index (χ1v) is 17.1. The highest BCUT2D eigenvalue weighted by Gasteiger charge is 2.41. The van der Waals surface area contributed by atoms with E-state index in [1.807, 2.05) is 6.08 Å². The third kappa shape index (κ3) is 6.13. The second kappa shape index (κ2) is 12.3. The van der Waals surface area contributed by atoms with Crippen LogP contribution in [0.25, 0.3) is 10.2 Å². The Bertz CT molecular complexity index is 1860. The lowest BCUT2D eigenvalue weighted by Gasteiger charge is -2.42. The summed E-state index contributed by atoms with van der Waals surface area (Å²) in [5.41, 5.74) is 2.13. The van der Waals surface area contributed by atoms with E-state index in [1.165, 1.54) is 24.0 Å². The van der Waals surface area contributed by atoms with Crippen LogP contribution in [0.5, 0.6) is 0 Å². The Labute approximate surface area is 258 Å². The molecule has 4 aromatic rings. The summed E-state index contributed by atoms with van der Waals surface area (Å²) in [6.45, 7) is 0.0674. The van der Waals surface area contributed by atoms with E-state index >= 15 is 0 Å². The zero-order valence-corrected chi connectivity index (χ0v) is 25.7. The predicted octanol–water partition coefficient (Wildman–Crippen LogP) is 5.12. The van der Waals surface area contributed by atoms with Crippen molar-refractivity contribution in [3.63, 3.8) is 0 Å². The summed E-state index contributed by atoms with van der Waals surface area (Å²) in [6.07, 6.45) is 16.0. The fourth-order valence-electron chi connectivity index (χ4n) is 6.20. The number of allylic oxidation sites excluding steroid dienone is 4. The number of carbonyl (C=O) groups excluding carboxylic acids is 2. The molecule has 2 aliphatic rings. The zero-order chi connectivity index (χ0) is 30.7. The molecule has 0 bridgehead atoms. The number of thiazole rings is 1. The molecule has 2 aromatic heterocycles. The van der Waals surface area contributed by atoms with Crippen molar-refractivity contribution in [2.75, 3.05) is 16.9 Å². The third-order valence-corrected chi connectivity index (χ3v) is 10.3. The van der Waals surface area contributed by atoms with Gasteiger partial charge in [0.1, 0.15) is 0 Å². The summed E-state index contributed by atoms with van der Waals surface area (Å²) in [7, 11) is -3.50. The van der Waals surface area contributed by atoms with Gasteiger partial charge in [-0.2, -0.15) is 5.21 Å². The van der Waals surface area contributed by atoms with Crippen molar-refractivity contribution in [2.45, 2.75) is 55.4 Å². The molecule has 0 aliphatic heterocycles. The predicted molar refractivity (Wildman–Crippen MR) is 168 cm³/mol. The molecule has 1 unspecified atom stereocenters. The van der Waals surface area contributed by atoms with Crippen LogP contribution in [0.1, 0.15) is 60.0 Å². The molecule has 1 saturated carbocycles. The summed E-state index contributed by atoms with van der Waals surface area (Å²) in [5.74, 6) is -0.0490. The van der Waals surface area contributed by atoms with Crippen LogP contribution in [-0.4, -0.2) is 52.2 Å². The first kappa shape index (κ1) is 29.6. The molecule has 6 rings (SSSR count). The molecule has 0 saturated heterocycles. The number of amides is 3. The molecule has 0 radical (unpaired) electrons. The zero-order valence-electron chi connectivity index (χ0n) is 24.0. The lowest BCUT2D eigenvalue weighted by molar-refractivity contribution is 0.102. The summed E-state index contributed by atoms with van der Waals surface area (Å²) in [4.78, 5) is 30.9. The fraction of sp³-hybridized carbons (Fsp3) is 0.333. The molecule has 1 fully saturated rings. The second-order valence-corrected chi connectivity index (χ2v) is 14.2. The van der Waals surface area contributed by atoms with Crippen LogP contribution in [0, 0.1) is 5.92 Å². The van der Waals surface area contributed by atoms with Crippen molar-refractivity contribution in [3.05, 3.63) is 77.4 Å². The smallest absolute Gasteiger partial charge is 0.321 e. The number of urea groups is 1. The van der Waals surface area contributed by atoms with Gasteiger partial charge >= 0.3 is 6.03 Å². The van der Waals surface area contributed by atoms with E-state index in [9.17, 15) is 18.0 Å². The Hall–Kier alpha value is -4.43. The number of aromatic nitrogens is 5. The molecule has 2 heterocycles. The van der Waals surface area contributed by atoms with E-state index in [0.717, 1.165) is 37.7 Å². The Kier molecular flexibility index (Phi) is 8.27. The van der Waals surface area contributed by atoms with E-state index in [-0.39, 0.29) is 22.8 Å². The van der Waals surface area contributed by atoms with Crippen LogP contribution in [0.2, 0.25) is 0 Å². The van der Waals surface area contributed by atoms with Crippen molar-refractivity contribution in [2.24, 2.45) is 5.92 Å². The molecule has 0 spiro atoms. The number of carbonyl (C=O) groups is 2. The highest BCUT2D eigenvalue weighted by atomic mass is 32.2. The summed E-state index contributed by atoms with van der Waals surface area (Å²) in [5, 5.41) is 21.7. The summed E-state index contributed by atoms with van der Waals surface area (Å²) < 4.78 is 26.3. The minimum Gasteiger partial charge on any atom is -0.334 e. The van der Waals surface area contributed by atoms with Crippen molar-refractivity contribution in [3.8, 4) is 0 Å². The lowest BCUT2D eigenvalue weighted by atomic mass is 9.62. The number of nitrogens with one attached hydrogen (secondary N) is 4. The molecule has 12 nitrogen and oxygen atoms in total. The van der Waals surface area contributed by atoms with Gasteiger partial charge in [0.2, 0.25) is 0 Å². The number of hydrogen-bond donors (Lipinski definition) is 4. The molecule has 3 amide bonds. The van der Waals surface area contributed by atoms with Gasteiger partial charge in [-0.15, -0.1) is 5.10 Å². The summed E-state index contributed by atoms with van der Waals surface area (Å²) in [6, 6.07) is 9.78. The quantitative estimate of drug-likeness (QED) is 0.207. The standard InChI is InChI=1S/C30H32N8O4S2/c1-44(41,42)21-16-23(30(14-8-3-9-15-30)20-11-4-2-5-12-20)25-24(17-21)43-29(32-25)34-28(40)31-18-19-10-6-7-13-22(19)26(39)33-27-35-37-38-36-27/h3,6-10,13-14,16-17,20H,2,4-5,11-12,15,18H2,1H3,(H2,31,32,34,40)(H2,33,35,36,37,38,39). The number of aromatic amines is 1. The SMILES string of the molecule is CS(=O)(=O)c1cc(C2(C3CCCCC3)C=CC=CC2)c2nc(NC(=O)NCc3ccccc3C(=O)Nc3nn[nH]n3)sc2c1. The van der Waals surface area contributed by atoms with Gasteiger partial charge in [-0.1, -0.05) is 78.2 Å². The van der Waals surface area contributed by atoms with Crippen molar-refractivity contribution in [1.29, 1.82) is 0 Å². The van der Waals surface area contributed by atoms with Crippen molar-refractivity contribution in [1.82, 2.24) is 30.9 Å². The minimum absolute atomic E-state index is 0.0368. The van der Waals surface area contributed by atoms with E-state index in [0.29, 0.717) is 32.4 Å². The summed E-state index contributed by atoms with van der Waals surface area (Å²) >= 11 is 1.23. The highest BCUT2D eigenvalue weighted by Crippen LogP contribution is 2.49. The van der Waals surface area contributed by atoms with Gasteiger partial charge in [-0.05, 0) is 59.7 Å². The molecule has 228 valence electrons. The average Bonchev–Trinajstić information content (AvgIpc) is 3.69. The maximum Gasteiger partial charge on any atom is 0.321 e. The largest absolute Gasteiger partial charge is 0.334 e. The Morgan fingerprint density at radius 3 is 2.64 bits per heavy atom. The van der Waals surface area contributed by atoms with Gasteiger partial charge in [-0.3, -0.25) is 15.4 Å². The normalized spacial score (nSPS) is 18.8. The number of fused-ring (bicyclic) bond motifs is 1. The van der Waals surface area contributed by atoms with E-state index in [4.69, 9.17) is 4.98 Å². The van der Waals surface area contributed by atoms with Crippen LogP contribution in [0.4, 0.5) is 15.9 Å². The molecule has 44 heavy (non-hydrogen) atoms. The maximum atomic E-state index is 13.0. The van der Waals surface area contributed by atoms with E-state index in [2.05, 4.69) is 54.8 Å². The molecule has 4 N–H and O–H groups in total.